The summed E-state index contributed by atoms with van der Waals surface area (Å²) in [4.78, 5) is 7.73. The second kappa shape index (κ2) is 5.19. The number of benzene rings is 1. The summed E-state index contributed by atoms with van der Waals surface area (Å²) in [5, 5.41) is 0. The quantitative estimate of drug-likeness (QED) is 0.640. The van der Waals surface area contributed by atoms with Crippen molar-refractivity contribution in [2.75, 3.05) is 5.73 Å². The van der Waals surface area contributed by atoms with Crippen molar-refractivity contribution in [1.82, 2.24) is 9.97 Å². The van der Waals surface area contributed by atoms with E-state index in [0.29, 0.717) is 0 Å². The highest BCUT2D eigenvalue weighted by molar-refractivity contribution is 14.1. The zero-order valence-electron chi connectivity index (χ0n) is 9.28. The Morgan fingerprint density at radius 1 is 1.16 bits per heavy atom. The zero-order chi connectivity index (χ0) is 14.0. The average molecular weight is 381 g/mol. The largest absolute Gasteiger partial charge is 0.422 e. The molecule has 0 radical (unpaired) electrons. The molecule has 100 valence electrons. The highest BCUT2D eigenvalue weighted by atomic mass is 127. The fourth-order valence-electron chi connectivity index (χ4n) is 1.27. The molecule has 1 aromatic carbocycles. The van der Waals surface area contributed by atoms with Gasteiger partial charge >= 0.3 is 12.2 Å². The van der Waals surface area contributed by atoms with Gasteiger partial charge in [-0.15, -0.1) is 0 Å². The summed E-state index contributed by atoms with van der Waals surface area (Å²) in [5.74, 6) is 0.0780. The van der Waals surface area contributed by atoms with Gasteiger partial charge in [-0.2, -0.15) is 13.2 Å². The maximum Gasteiger partial charge on any atom is 0.416 e. The van der Waals surface area contributed by atoms with Gasteiger partial charge in [-0.05, 0) is 40.8 Å². The molecule has 2 N–H and O–H groups in total. The van der Waals surface area contributed by atoms with Crippen molar-refractivity contribution in [3.63, 3.8) is 0 Å². The number of halogens is 4. The number of nitrogens with zero attached hydrogens (tertiary/aromatic N) is 2. The number of nitrogens with two attached hydrogens (primary N) is 1. The van der Waals surface area contributed by atoms with Crippen LogP contribution in [0.5, 0.6) is 11.8 Å². The van der Waals surface area contributed by atoms with Crippen molar-refractivity contribution < 1.29 is 17.9 Å². The summed E-state index contributed by atoms with van der Waals surface area (Å²) in [7, 11) is 0. The highest BCUT2D eigenvalue weighted by Crippen LogP contribution is 2.34. The van der Waals surface area contributed by atoms with E-state index in [1.54, 1.807) is 0 Å². The number of hydrogen-bond donors (Lipinski definition) is 1. The summed E-state index contributed by atoms with van der Waals surface area (Å²) in [6.45, 7) is 0. The first-order valence-electron chi connectivity index (χ1n) is 4.98. The van der Waals surface area contributed by atoms with Crippen LogP contribution < -0.4 is 10.5 Å². The van der Waals surface area contributed by atoms with Crippen LogP contribution in [-0.4, -0.2) is 9.97 Å². The first-order chi connectivity index (χ1) is 8.86. The maximum absolute atomic E-state index is 12.4. The number of rotatable bonds is 2. The van der Waals surface area contributed by atoms with Crippen LogP contribution in [0.4, 0.5) is 18.9 Å². The van der Waals surface area contributed by atoms with Crippen molar-refractivity contribution >= 4 is 28.3 Å². The zero-order valence-corrected chi connectivity index (χ0v) is 11.4. The van der Waals surface area contributed by atoms with E-state index in [1.165, 1.54) is 12.4 Å². The summed E-state index contributed by atoms with van der Waals surface area (Å²) in [6, 6.07) is 2.85. The summed E-state index contributed by atoms with van der Waals surface area (Å²) < 4.78 is 43.4. The Morgan fingerprint density at radius 3 is 2.32 bits per heavy atom. The van der Waals surface area contributed by atoms with E-state index in [-0.39, 0.29) is 17.4 Å². The van der Waals surface area contributed by atoms with Crippen molar-refractivity contribution in [2.24, 2.45) is 0 Å². The Hall–Kier alpha value is -1.58. The molecule has 0 unspecified atom stereocenters. The van der Waals surface area contributed by atoms with E-state index >= 15 is 0 Å². The molecule has 2 aromatic rings. The number of hydrogen-bond acceptors (Lipinski definition) is 4. The minimum atomic E-state index is -4.44. The molecule has 1 aromatic heterocycles. The van der Waals surface area contributed by atoms with Crippen LogP contribution >= 0.6 is 22.6 Å². The van der Waals surface area contributed by atoms with E-state index in [2.05, 4.69) is 9.97 Å². The number of nitrogen functional groups attached to an aromatic ring is 1. The molecule has 0 atom stereocenters. The van der Waals surface area contributed by atoms with Crippen LogP contribution in [0.15, 0.2) is 30.6 Å². The van der Waals surface area contributed by atoms with Crippen LogP contribution in [0, 0.1) is 3.57 Å². The molecule has 0 amide bonds. The molecule has 0 fully saturated rings. The molecule has 8 heteroatoms. The summed E-state index contributed by atoms with van der Waals surface area (Å²) in [6.07, 6.45) is -1.40. The molecule has 4 nitrogen and oxygen atoms in total. The van der Waals surface area contributed by atoms with Crippen LogP contribution in [-0.2, 0) is 6.18 Å². The predicted molar refractivity (Wildman–Crippen MR) is 70.7 cm³/mol. The van der Waals surface area contributed by atoms with E-state index in [4.69, 9.17) is 10.5 Å². The van der Waals surface area contributed by atoms with Gasteiger partial charge in [-0.25, -0.2) is 9.97 Å². The van der Waals surface area contributed by atoms with Crippen LogP contribution in [0.3, 0.4) is 0 Å². The molecule has 0 saturated heterocycles. The predicted octanol–water partition coefficient (Wildman–Crippen LogP) is 3.47. The third-order valence-corrected chi connectivity index (χ3v) is 2.69. The number of alkyl halides is 3. The molecular formula is C11H7F3IN3O. The molecule has 0 bridgehead atoms. The van der Waals surface area contributed by atoms with Gasteiger partial charge in [0.15, 0.2) is 5.75 Å². The second-order valence-corrected chi connectivity index (χ2v) is 4.78. The normalized spacial score (nSPS) is 11.4. The van der Waals surface area contributed by atoms with Crippen LogP contribution in [0.1, 0.15) is 5.56 Å². The lowest BCUT2D eigenvalue weighted by atomic mass is 10.2. The standard InChI is InChI=1S/C11H7F3IN3O/c12-11(13,14)6-1-2-9(8(16)3-6)19-10-17-4-7(15)5-18-10/h1-5H,16H2. The first kappa shape index (κ1) is 13.8. The van der Waals surface area contributed by atoms with Gasteiger partial charge in [0, 0.05) is 16.0 Å². The number of aromatic nitrogens is 2. The van der Waals surface area contributed by atoms with Gasteiger partial charge < -0.3 is 10.5 Å². The van der Waals surface area contributed by atoms with E-state index in [0.717, 1.165) is 21.8 Å². The van der Waals surface area contributed by atoms with Gasteiger partial charge in [0.2, 0.25) is 0 Å². The van der Waals surface area contributed by atoms with Crippen molar-refractivity contribution in [1.29, 1.82) is 0 Å². The molecular weight excluding hydrogens is 374 g/mol. The Balaban J connectivity index is 2.24. The Kier molecular flexibility index (Phi) is 3.78. The molecule has 0 aliphatic rings. The molecule has 0 saturated carbocycles. The topological polar surface area (TPSA) is 61.0 Å². The van der Waals surface area contributed by atoms with Crippen LogP contribution in [0.25, 0.3) is 0 Å². The lowest BCUT2D eigenvalue weighted by Crippen LogP contribution is -2.06. The smallest absolute Gasteiger partial charge is 0.416 e. The summed E-state index contributed by atoms with van der Waals surface area (Å²) >= 11 is 2.02. The van der Waals surface area contributed by atoms with Crippen molar-refractivity contribution in [3.8, 4) is 11.8 Å². The van der Waals surface area contributed by atoms with E-state index < -0.39 is 11.7 Å². The fraction of sp³-hybridized carbons (Fsp3) is 0.0909. The number of anilines is 1. The lowest BCUT2D eigenvalue weighted by molar-refractivity contribution is -0.137. The molecule has 0 spiro atoms. The third kappa shape index (κ3) is 3.46. The van der Waals surface area contributed by atoms with Gasteiger partial charge in [-0.1, -0.05) is 0 Å². The first-order valence-corrected chi connectivity index (χ1v) is 6.06. The van der Waals surface area contributed by atoms with E-state index in [9.17, 15) is 13.2 Å². The Bertz CT molecular complexity index is 587. The molecule has 0 aliphatic carbocycles. The monoisotopic (exact) mass is 381 g/mol. The van der Waals surface area contributed by atoms with Gasteiger partial charge in [0.05, 0.1) is 11.3 Å². The molecule has 2 rings (SSSR count). The molecule has 0 aliphatic heterocycles. The summed E-state index contributed by atoms with van der Waals surface area (Å²) in [5.41, 5.74) is 4.55. The van der Waals surface area contributed by atoms with E-state index in [1.807, 2.05) is 22.6 Å². The minimum absolute atomic E-state index is 0.0203. The fourth-order valence-corrected chi connectivity index (χ4v) is 1.55. The SMILES string of the molecule is Nc1cc(C(F)(F)F)ccc1Oc1ncc(I)cn1. The second-order valence-electron chi connectivity index (χ2n) is 3.54. The highest BCUT2D eigenvalue weighted by Gasteiger charge is 2.31. The number of ether oxygens (including phenoxy) is 1. The van der Waals surface area contributed by atoms with Gasteiger partial charge in [-0.3, -0.25) is 0 Å². The minimum Gasteiger partial charge on any atom is -0.422 e. The Labute approximate surface area is 120 Å². The average Bonchev–Trinajstić information content (AvgIpc) is 2.33. The third-order valence-electron chi connectivity index (χ3n) is 2.13. The Morgan fingerprint density at radius 2 is 1.79 bits per heavy atom. The molecule has 19 heavy (non-hydrogen) atoms. The molecule has 1 heterocycles. The van der Waals surface area contributed by atoms with Crippen LogP contribution in [0.2, 0.25) is 0 Å². The van der Waals surface area contributed by atoms with Crippen molar-refractivity contribution in [3.05, 3.63) is 39.7 Å². The van der Waals surface area contributed by atoms with Gasteiger partial charge in [0.1, 0.15) is 0 Å². The van der Waals surface area contributed by atoms with Gasteiger partial charge in [0.25, 0.3) is 0 Å². The lowest BCUT2D eigenvalue weighted by Gasteiger charge is -2.10. The maximum atomic E-state index is 12.4. The van der Waals surface area contributed by atoms with Crippen molar-refractivity contribution in [2.45, 2.75) is 6.18 Å².